The number of hydrogen-bond donors (Lipinski definition) is 6. The summed E-state index contributed by atoms with van der Waals surface area (Å²) >= 11 is 0. The molecule has 1 unspecified atom stereocenters. The number of carbonyl (C=O) groups is 1. The molecule has 4 aliphatic heterocycles. The number of phenols is 2. The zero-order chi connectivity index (χ0) is 33.6. The number of piperazine rings is 1. The molecule has 4 aromatic rings. The third-order valence-corrected chi connectivity index (χ3v) is 11.5. The monoisotopic (exact) mass is 880 g/mol. The molecule has 0 spiro atoms. The number of aromatic amines is 1. The molecule has 3 aromatic carbocycles. The van der Waals surface area contributed by atoms with Crippen LogP contribution in [0.2, 0.25) is 0 Å². The Morgan fingerprint density at radius 1 is 1.04 bits per heavy atom. The number of aromatic nitrogens is 1. The summed E-state index contributed by atoms with van der Waals surface area (Å²) in [6, 6.07) is 8.29. The first-order valence-electron chi connectivity index (χ1n) is 16.7. The van der Waals surface area contributed by atoms with Crippen molar-refractivity contribution in [1.82, 2.24) is 25.4 Å². The van der Waals surface area contributed by atoms with Crippen molar-refractivity contribution in [3.63, 3.8) is 0 Å². The number of aliphatic hydroxyl groups is 1. The summed E-state index contributed by atoms with van der Waals surface area (Å²) in [5, 5.41) is 42.9. The van der Waals surface area contributed by atoms with Gasteiger partial charge in [0.15, 0.2) is 11.5 Å². The summed E-state index contributed by atoms with van der Waals surface area (Å²) in [6.07, 6.45) is 2.52. The van der Waals surface area contributed by atoms with Gasteiger partial charge in [0.1, 0.15) is 17.7 Å². The third kappa shape index (κ3) is 5.28. The number of aryl methyl sites for hydroxylation is 1. The first kappa shape index (κ1) is 34.6. The van der Waals surface area contributed by atoms with Crippen molar-refractivity contribution in [3.8, 4) is 23.0 Å². The number of hydrogen-bond acceptors (Lipinski definition) is 9. The minimum atomic E-state index is -0.893. The van der Waals surface area contributed by atoms with E-state index in [-0.39, 0.29) is 92.9 Å². The molecular weight excluding hydrogens is 837 g/mol. The van der Waals surface area contributed by atoms with Crippen LogP contribution in [0, 0.1) is 64.8 Å². The molecule has 0 saturated carbocycles. The van der Waals surface area contributed by atoms with Crippen molar-refractivity contribution in [2.75, 3.05) is 27.4 Å². The van der Waals surface area contributed by atoms with Gasteiger partial charge in [0.2, 0.25) is 12.7 Å². The molecule has 0 aliphatic carbocycles. The van der Waals surface area contributed by atoms with E-state index in [0.29, 0.717) is 36.3 Å². The van der Waals surface area contributed by atoms with Gasteiger partial charge >= 0.3 is 0 Å². The van der Waals surface area contributed by atoms with E-state index in [4.69, 9.17) is 9.47 Å². The van der Waals surface area contributed by atoms with Crippen molar-refractivity contribution >= 4 is 16.8 Å². The van der Waals surface area contributed by atoms with Crippen LogP contribution in [0.3, 0.4) is 0 Å². The second-order valence-electron chi connectivity index (χ2n) is 13.9. The average molecular weight is 881 g/mol. The Morgan fingerprint density at radius 2 is 1.80 bits per heavy atom. The molecule has 4 aliphatic rings. The number of nitrogens with one attached hydrogen (secondary N) is 3. The normalized spacial score (nSPS) is 24.5. The van der Waals surface area contributed by atoms with E-state index < -0.39 is 18.3 Å². The third-order valence-electron chi connectivity index (χ3n) is 11.5. The number of benzene rings is 3. The van der Waals surface area contributed by atoms with Crippen LogP contribution in [0.15, 0.2) is 36.5 Å². The molecule has 6 N–H and O–H groups in total. The number of likely N-dealkylation sites (N-methyl/N-ethyl adjacent to an activating group) is 2. The smallest absolute Gasteiger partial charge is 0.237 e. The quantitative estimate of drug-likeness (QED) is 0.172. The maximum atomic E-state index is 13.9. The fourth-order valence-electron chi connectivity index (χ4n) is 8.88. The molecular formula is C37H43AcN5O6. The molecule has 1 aromatic heterocycles. The van der Waals surface area contributed by atoms with E-state index in [9.17, 15) is 20.1 Å². The van der Waals surface area contributed by atoms with Crippen molar-refractivity contribution in [1.29, 1.82) is 0 Å². The molecule has 8 rings (SSSR count). The largest absolute Gasteiger partial charge is 0.507 e. The molecule has 11 nitrogen and oxygen atoms in total. The van der Waals surface area contributed by atoms with Crippen molar-refractivity contribution in [3.05, 3.63) is 81.0 Å². The Morgan fingerprint density at radius 3 is 2.57 bits per heavy atom. The molecule has 1 radical (unpaired) electrons. The van der Waals surface area contributed by atoms with Crippen LogP contribution in [0.5, 0.6) is 23.0 Å². The van der Waals surface area contributed by atoms with Crippen LogP contribution in [0.1, 0.15) is 56.6 Å². The summed E-state index contributed by atoms with van der Waals surface area (Å²) in [4.78, 5) is 21.5. The zero-order valence-corrected chi connectivity index (χ0v) is 33.2. The second kappa shape index (κ2) is 13.0. The van der Waals surface area contributed by atoms with E-state index in [0.717, 1.165) is 49.8 Å². The average Bonchev–Trinajstić information content (AvgIpc) is 3.74. The van der Waals surface area contributed by atoms with Gasteiger partial charge in [-0.15, -0.1) is 0 Å². The molecule has 2 bridgehead atoms. The van der Waals surface area contributed by atoms with Crippen molar-refractivity contribution in [2.24, 2.45) is 0 Å². The van der Waals surface area contributed by atoms with Crippen LogP contribution >= 0.6 is 0 Å². The first-order valence-corrected chi connectivity index (χ1v) is 16.7. The Kier molecular flexibility index (Phi) is 9.21. The predicted octanol–water partition coefficient (Wildman–Crippen LogP) is 3.38. The number of ether oxygens (including phenoxy) is 2. The van der Waals surface area contributed by atoms with Gasteiger partial charge in [0.05, 0.1) is 24.2 Å². The number of fused-ring (bicyclic) bond motifs is 10. The standard InChI is InChI=1S/C37H43N5O6.Ac/c1-17-10-20-12-27-37(46)42-26(31(41(27)5)29(20)33(44)18(17)2)13-23-30(35-34(47-16-48-35)19(3)32(23)43)28(42)15-40-36(45)25(38-4)11-21-14-39-24-9-7-6-8-22(21)24;/h6-10,14,25-28,31,37-39,43-44,46H,11-13,15-16H2,1-5H3,(H,40,45);/t25-,26?,27-,28-,31+,37-;/m0./s1. The Bertz CT molecular complexity index is 1960. The van der Waals surface area contributed by atoms with Gasteiger partial charge in [-0.05, 0) is 82.4 Å². The Labute approximate surface area is 321 Å². The second-order valence-corrected chi connectivity index (χ2v) is 13.9. The molecule has 5 heterocycles. The van der Waals surface area contributed by atoms with Crippen LogP contribution in [-0.2, 0) is 24.1 Å². The first-order chi connectivity index (χ1) is 23.1. The van der Waals surface area contributed by atoms with Crippen molar-refractivity contribution < 1.29 is 73.7 Å². The van der Waals surface area contributed by atoms with Crippen LogP contribution in [0.25, 0.3) is 10.9 Å². The van der Waals surface area contributed by atoms with E-state index in [2.05, 4.69) is 31.5 Å². The van der Waals surface area contributed by atoms with E-state index in [1.165, 1.54) is 0 Å². The topological polar surface area (TPSA) is 143 Å². The number of amides is 1. The number of aliphatic hydroxyl groups excluding tert-OH is 1. The van der Waals surface area contributed by atoms with Gasteiger partial charge in [-0.3, -0.25) is 14.6 Å². The summed E-state index contributed by atoms with van der Waals surface area (Å²) in [7, 11) is 3.79. The van der Waals surface area contributed by atoms with Gasteiger partial charge in [-0.2, -0.15) is 0 Å². The Balaban J connectivity index is 0.00000378. The molecule has 6 atom stereocenters. The van der Waals surface area contributed by atoms with Crippen molar-refractivity contribution in [2.45, 2.75) is 76.5 Å². The van der Waals surface area contributed by atoms with E-state index in [1.807, 2.05) is 58.3 Å². The molecule has 1 fully saturated rings. The fraction of sp³-hybridized carbons (Fsp3) is 0.432. The molecule has 12 heteroatoms. The fourth-order valence-corrected chi connectivity index (χ4v) is 8.88. The van der Waals surface area contributed by atoms with Gasteiger partial charge in [-0.1, -0.05) is 24.3 Å². The molecule has 1 saturated heterocycles. The molecule has 255 valence electrons. The summed E-state index contributed by atoms with van der Waals surface area (Å²) in [5.74, 6) is 1.29. The summed E-state index contributed by atoms with van der Waals surface area (Å²) in [5.41, 5.74) is 7.88. The van der Waals surface area contributed by atoms with Gasteiger partial charge in [-0.25, -0.2) is 0 Å². The number of para-hydroxylation sites is 1. The number of aromatic hydroxyl groups is 2. The van der Waals surface area contributed by atoms with Gasteiger partial charge < -0.3 is 40.4 Å². The number of carbonyl (C=O) groups excluding carboxylic acids is 1. The van der Waals surface area contributed by atoms with Gasteiger partial charge in [0, 0.05) is 96.0 Å². The van der Waals surface area contributed by atoms with Crippen LogP contribution < -0.4 is 20.1 Å². The van der Waals surface area contributed by atoms with Gasteiger partial charge in [0.25, 0.3) is 0 Å². The Hall–Kier alpha value is -2.85. The molecule has 49 heavy (non-hydrogen) atoms. The minimum absolute atomic E-state index is 0. The number of phenolic OH excluding ortho intramolecular Hbond substituents is 2. The number of rotatable bonds is 6. The van der Waals surface area contributed by atoms with E-state index in [1.54, 1.807) is 7.05 Å². The predicted molar refractivity (Wildman–Crippen MR) is 180 cm³/mol. The van der Waals surface area contributed by atoms with Crippen LogP contribution in [-0.4, -0.2) is 87.8 Å². The van der Waals surface area contributed by atoms with Crippen LogP contribution in [0.4, 0.5) is 0 Å². The number of nitrogens with zero attached hydrogens (tertiary/aromatic N) is 2. The summed E-state index contributed by atoms with van der Waals surface area (Å²) < 4.78 is 11.9. The zero-order valence-electron chi connectivity index (χ0n) is 28.5. The van der Waals surface area contributed by atoms with E-state index >= 15 is 0 Å². The maximum Gasteiger partial charge on any atom is 0.237 e. The summed E-state index contributed by atoms with van der Waals surface area (Å²) in [6.45, 7) is 5.95. The minimum Gasteiger partial charge on any atom is -0.507 e. The number of H-pyrrole nitrogens is 1. The SMILES string of the molecule is CN[C@@H](Cc1c[nH]c2ccccc12)C(=O)NC[C@H]1c2c(c(O)c(C)c3c2OCO3)CC2[C@@H]3c4c(cc(C)c(C)c4O)C[C@@H]([C@H](O)N21)N3C.[Ac]. The maximum absolute atomic E-state index is 13.9. The molecule has 1 amide bonds.